The van der Waals surface area contributed by atoms with Crippen molar-refractivity contribution in [2.75, 3.05) is 17.5 Å². The molecule has 0 bridgehead atoms. The van der Waals surface area contributed by atoms with E-state index in [0.717, 1.165) is 19.1 Å². The number of halogens is 1. The van der Waals surface area contributed by atoms with Gasteiger partial charge in [-0.1, -0.05) is 24.3 Å². The quantitative estimate of drug-likeness (QED) is 0.657. The average molecular weight is 407 g/mol. The molecule has 0 saturated carbocycles. The van der Waals surface area contributed by atoms with Crippen molar-refractivity contribution >= 4 is 21.6 Å². The standard InChI is InChI=1S/C21H27FN2O3S/c1-14-7-8-17(12-15(14)2)6-5-11-23-21(25)16(3)18-9-10-20(19(22)13-18)24-28(4,26)27/h7-10,12-13,16,24H,5-6,11H2,1-4H3,(H,23,25)/t16-/m1/s1. The molecule has 0 aromatic heterocycles. The first-order valence-electron chi connectivity index (χ1n) is 9.18. The van der Waals surface area contributed by atoms with E-state index in [0.29, 0.717) is 12.1 Å². The van der Waals surface area contributed by atoms with Crippen molar-refractivity contribution in [3.8, 4) is 0 Å². The lowest BCUT2D eigenvalue weighted by atomic mass is 9.99. The Bertz CT molecular complexity index is 958. The van der Waals surface area contributed by atoms with E-state index in [1.807, 2.05) is 0 Å². The SMILES string of the molecule is Cc1ccc(CCCNC(=O)[C@H](C)c2ccc(NS(C)(=O)=O)c(F)c2)cc1C. The van der Waals surface area contributed by atoms with Crippen LogP contribution in [0, 0.1) is 19.7 Å². The fourth-order valence-electron chi connectivity index (χ4n) is 2.85. The van der Waals surface area contributed by atoms with E-state index < -0.39 is 21.8 Å². The Morgan fingerprint density at radius 3 is 2.43 bits per heavy atom. The molecule has 0 unspecified atom stereocenters. The third kappa shape index (κ3) is 6.34. The highest BCUT2D eigenvalue weighted by molar-refractivity contribution is 7.92. The Morgan fingerprint density at radius 1 is 1.11 bits per heavy atom. The number of aryl methyl sites for hydroxylation is 3. The molecule has 0 fully saturated rings. The molecular formula is C21H27FN2O3S. The molecule has 2 aromatic rings. The number of hydrogen-bond donors (Lipinski definition) is 2. The molecule has 7 heteroatoms. The summed E-state index contributed by atoms with van der Waals surface area (Å²) in [6.07, 6.45) is 2.64. The first-order chi connectivity index (χ1) is 13.1. The third-order valence-electron chi connectivity index (χ3n) is 4.69. The maximum absolute atomic E-state index is 14.1. The zero-order valence-electron chi connectivity index (χ0n) is 16.7. The van der Waals surface area contributed by atoms with Crippen molar-refractivity contribution in [2.24, 2.45) is 0 Å². The monoisotopic (exact) mass is 406 g/mol. The highest BCUT2D eigenvalue weighted by Gasteiger charge is 2.17. The molecule has 5 nitrogen and oxygen atoms in total. The number of rotatable bonds is 8. The lowest BCUT2D eigenvalue weighted by Gasteiger charge is -2.14. The zero-order chi connectivity index (χ0) is 20.9. The predicted octanol–water partition coefficient (Wildman–Crippen LogP) is 3.67. The van der Waals surface area contributed by atoms with Crippen LogP contribution in [0.1, 0.15) is 41.5 Å². The molecule has 2 aromatic carbocycles. The summed E-state index contributed by atoms with van der Waals surface area (Å²) in [5.41, 5.74) is 4.11. The fourth-order valence-corrected chi connectivity index (χ4v) is 3.42. The second-order valence-electron chi connectivity index (χ2n) is 7.15. The van der Waals surface area contributed by atoms with Gasteiger partial charge in [0.1, 0.15) is 5.82 Å². The highest BCUT2D eigenvalue weighted by Crippen LogP contribution is 2.22. The highest BCUT2D eigenvalue weighted by atomic mass is 32.2. The summed E-state index contributed by atoms with van der Waals surface area (Å²) < 4.78 is 38.7. The summed E-state index contributed by atoms with van der Waals surface area (Å²) in [5.74, 6) is -1.44. The third-order valence-corrected chi connectivity index (χ3v) is 5.29. The molecule has 28 heavy (non-hydrogen) atoms. The molecule has 152 valence electrons. The average Bonchev–Trinajstić information content (AvgIpc) is 2.61. The van der Waals surface area contributed by atoms with Crippen molar-refractivity contribution in [3.05, 3.63) is 64.5 Å². The second-order valence-corrected chi connectivity index (χ2v) is 8.90. The van der Waals surface area contributed by atoms with Gasteiger partial charge in [0.25, 0.3) is 0 Å². The minimum Gasteiger partial charge on any atom is -0.356 e. The fraction of sp³-hybridized carbons (Fsp3) is 0.381. The Balaban J connectivity index is 1.88. The molecule has 0 heterocycles. The molecule has 1 atom stereocenters. The first-order valence-corrected chi connectivity index (χ1v) is 11.1. The van der Waals surface area contributed by atoms with E-state index >= 15 is 0 Å². The molecule has 0 saturated heterocycles. The van der Waals surface area contributed by atoms with Gasteiger partial charge in [-0.05, 0) is 68.0 Å². The van der Waals surface area contributed by atoms with Gasteiger partial charge >= 0.3 is 0 Å². The Hall–Kier alpha value is -2.41. The van der Waals surface area contributed by atoms with Gasteiger partial charge in [0.2, 0.25) is 15.9 Å². The lowest BCUT2D eigenvalue weighted by molar-refractivity contribution is -0.122. The molecule has 2 rings (SSSR count). The van der Waals surface area contributed by atoms with Gasteiger partial charge in [-0.25, -0.2) is 12.8 Å². The maximum Gasteiger partial charge on any atom is 0.229 e. The normalized spacial score (nSPS) is 12.5. The number of carbonyl (C=O) groups excluding carboxylic acids is 1. The Kier molecular flexibility index (Phi) is 7.18. The van der Waals surface area contributed by atoms with E-state index in [4.69, 9.17) is 0 Å². The smallest absolute Gasteiger partial charge is 0.229 e. The minimum atomic E-state index is -3.56. The van der Waals surface area contributed by atoms with E-state index in [1.165, 1.54) is 28.8 Å². The van der Waals surface area contributed by atoms with E-state index in [9.17, 15) is 17.6 Å². The van der Waals surface area contributed by atoms with Crippen LogP contribution in [-0.2, 0) is 21.2 Å². The van der Waals surface area contributed by atoms with Crippen LogP contribution in [0.5, 0.6) is 0 Å². The molecule has 2 N–H and O–H groups in total. The van der Waals surface area contributed by atoms with Gasteiger partial charge in [0.15, 0.2) is 0 Å². The number of amides is 1. The van der Waals surface area contributed by atoms with Crippen LogP contribution in [0.2, 0.25) is 0 Å². The largest absolute Gasteiger partial charge is 0.356 e. The van der Waals surface area contributed by atoms with E-state index in [-0.39, 0.29) is 11.6 Å². The topological polar surface area (TPSA) is 75.3 Å². The van der Waals surface area contributed by atoms with Crippen molar-refractivity contribution in [2.45, 2.75) is 39.5 Å². The Morgan fingerprint density at radius 2 is 1.82 bits per heavy atom. The molecule has 1 amide bonds. The predicted molar refractivity (Wildman–Crippen MR) is 111 cm³/mol. The number of anilines is 1. The summed E-state index contributed by atoms with van der Waals surface area (Å²) >= 11 is 0. The molecule has 0 aliphatic rings. The lowest BCUT2D eigenvalue weighted by Crippen LogP contribution is -2.29. The van der Waals surface area contributed by atoms with E-state index in [2.05, 4.69) is 42.1 Å². The summed E-state index contributed by atoms with van der Waals surface area (Å²) in [4.78, 5) is 12.3. The Labute approximate surface area is 166 Å². The second kappa shape index (κ2) is 9.19. The summed E-state index contributed by atoms with van der Waals surface area (Å²) in [7, 11) is -3.56. The number of nitrogens with one attached hydrogen (secondary N) is 2. The molecule has 0 aliphatic heterocycles. The molecular weight excluding hydrogens is 379 g/mol. The van der Waals surface area contributed by atoms with Crippen molar-refractivity contribution < 1.29 is 17.6 Å². The molecule has 0 aliphatic carbocycles. The van der Waals surface area contributed by atoms with Crippen molar-refractivity contribution in [3.63, 3.8) is 0 Å². The maximum atomic E-state index is 14.1. The van der Waals surface area contributed by atoms with Crippen LogP contribution < -0.4 is 10.0 Å². The number of carbonyl (C=O) groups is 1. The van der Waals surface area contributed by atoms with Crippen molar-refractivity contribution in [1.82, 2.24) is 5.32 Å². The molecule has 0 spiro atoms. The van der Waals surface area contributed by atoms with Crippen LogP contribution in [-0.4, -0.2) is 27.1 Å². The van der Waals surface area contributed by atoms with Crippen LogP contribution in [0.4, 0.5) is 10.1 Å². The zero-order valence-corrected chi connectivity index (χ0v) is 17.5. The van der Waals surface area contributed by atoms with Gasteiger partial charge in [0.05, 0.1) is 17.9 Å². The minimum absolute atomic E-state index is 0.132. The van der Waals surface area contributed by atoms with Gasteiger partial charge in [0, 0.05) is 6.54 Å². The van der Waals surface area contributed by atoms with Crippen LogP contribution in [0.3, 0.4) is 0 Å². The summed E-state index contributed by atoms with van der Waals surface area (Å²) in [5, 5.41) is 2.88. The first kappa shape index (κ1) is 21.9. The van der Waals surface area contributed by atoms with Crippen molar-refractivity contribution in [1.29, 1.82) is 0 Å². The molecule has 0 radical (unpaired) electrons. The number of benzene rings is 2. The number of sulfonamides is 1. The van der Waals surface area contributed by atoms with Crippen LogP contribution >= 0.6 is 0 Å². The van der Waals surface area contributed by atoms with Gasteiger partial charge < -0.3 is 5.32 Å². The van der Waals surface area contributed by atoms with Gasteiger partial charge in [-0.2, -0.15) is 0 Å². The van der Waals surface area contributed by atoms with E-state index in [1.54, 1.807) is 13.0 Å². The van der Waals surface area contributed by atoms with Crippen LogP contribution in [0.15, 0.2) is 36.4 Å². The van der Waals surface area contributed by atoms with Gasteiger partial charge in [-0.15, -0.1) is 0 Å². The van der Waals surface area contributed by atoms with Crippen LogP contribution in [0.25, 0.3) is 0 Å². The summed E-state index contributed by atoms with van der Waals surface area (Å²) in [6.45, 7) is 6.38. The van der Waals surface area contributed by atoms with Gasteiger partial charge in [-0.3, -0.25) is 9.52 Å². The number of hydrogen-bond acceptors (Lipinski definition) is 3. The summed E-state index contributed by atoms with van der Waals surface area (Å²) in [6, 6.07) is 10.4.